The van der Waals surface area contributed by atoms with Crippen LogP contribution in [0.15, 0.2) is 60.9 Å². The van der Waals surface area contributed by atoms with Crippen LogP contribution in [-0.2, 0) is 9.59 Å². The van der Waals surface area contributed by atoms with Crippen molar-refractivity contribution in [1.82, 2.24) is 20.3 Å². The molecule has 4 rings (SSSR count). The number of carbonyl (C=O) groups excluding carboxylic acids is 3. The second-order valence-electron chi connectivity index (χ2n) is 8.41. The van der Waals surface area contributed by atoms with E-state index in [-0.39, 0.29) is 29.1 Å². The molecule has 1 aliphatic heterocycles. The maximum Gasteiger partial charge on any atom is 0.274 e. The van der Waals surface area contributed by atoms with Crippen molar-refractivity contribution in [3.63, 3.8) is 0 Å². The number of pyridine rings is 2. The topological polar surface area (TPSA) is 125 Å². The van der Waals surface area contributed by atoms with Crippen LogP contribution in [0.3, 0.4) is 0 Å². The summed E-state index contributed by atoms with van der Waals surface area (Å²) in [5.41, 5.74) is 4.51. The Morgan fingerprint density at radius 3 is 2.39 bits per heavy atom. The first kappa shape index (κ1) is 24.6. The molecule has 3 aromatic rings. The van der Waals surface area contributed by atoms with E-state index in [9.17, 15) is 14.4 Å². The highest BCUT2D eigenvalue weighted by atomic mass is 16.5. The maximum atomic E-state index is 12.9. The first-order valence-electron chi connectivity index (χ1n) is 11.5. The summed E-state index contributed by atoms with van der Waals surface area (Å²) >= 11 is 0. The van der Waals surface area contributed by atoms with Crippen LogP contribution in [0, 0.1) is 17.8 Å². The van der Waals surface area contributed by atoms with Crippen LogP contribution in [0.25, 0.3) is 11.3 Å². The highest BCUT2D eigenvalue weighted by molar-refractivity contribution is 5.97. The molecule has 1 fully saturated rings. The lowest BCUT2D eigenvalue weighted by molar-refractivity contribution is -0.132. The van der Waals surface area contributed by atoms with Crippen LogP contribution in [0.2, 0.25) is 0 Å². The number of benzene rings is 1. The molecule has 0 atom stereocenters. The van der Waals surface area contributed by atoms with Crippen molar-refractivity contribution >= 4 is 23.5 Å². The Morgan fingerprint density at radius 2 is 1.75 bits per heavy atom. The zero-order valence-corrected chi connectivity index (χ0v) is 19.7. The van der Waals surface area contributed by atoms with Gasteiger partial charge in [-0.1, -0.05) is 24.0 Å². The Morgan fingerprint density at radius 1 is 1.03 bits per heavy atom. The van der Waals surface area contributed by atoms with Gasteiger partial charge in [-0.3, -0.25) is 24.6 Å². The standard InChI is InChI=1S/C27H25N5O4/c1-18(33)32-13-10-22(11-14-32)26(34)30-25-16-23(27(35)31-36)15-24(29-25)21-8-6-19(7-9-21)4-5-20-3-2-12-28-17-20/h2-3,6-9,12,15-17,22,36H,10-11,13-14H2,1H3,(H,31,35)(H,29,30,34). The van der Waals surface area contributed by atoms with E-state index < -0.39 is 5.91 Å². The first-order chi connectivity index (χ1) is 17.4. The molecule has 0 aliphatic carbocycles. The number of likely N-dealkylation sites (tertiary alicyclic amines) is 1. The molecular formula is C27H25N5O4. The number of hydrogen-bond acceptors (Lipinski definition) is 6. The number of amides is 3. The van der Waals surface area contributed by atoms with Crippen molar-refractivity contribution in [2.24, 2.45) is 5.92 Å². The molecular weight excluding hydrogens is 458 g/mol. The Bertz CT molecular complexity index is 1320. The molecule has 9 heteroatoms. The van der Waals surface area contributed by atoms with Gasteiger partial charge in [0.25, 0.3) is 5.91 Å². The molecule has 182 valence electrons. The summed E-state index contributed by atoms with van der Waals surface area (Å²) in [7, 11) is 0. The predicted molar refractivity (Wildman–Crippen MR) is 133 cm³/mol. The van der Waals surface area contributed by atoms with Gasteiger partial charge in [0, 0.05) is 60.6 Å². The Hall–Kier alpha value is -4.55. The Kier molecular flexibility index (Phi) is 7.68. The number of hydroxylamine groups is 1. The van der Waals surface area contributed by atoms with Crippen LogP contribution in [0.1, 0.15) is 41.3 Å². The summed E-state index contributed by atoms with van der Waals surface area (Å²) in [5, 5.41) is 11.9. The largest absolute Gasteiger partial charge is 0.343 e. The molecule has 0 bridgehead atoms. The molecule has 0 spiro atoms. The zero-order valence-electron chi connectivity index (χ0n) is 19.7. The third-order valence-corrected chi connectivity index (χ3v) is 5.94. The number of anilines is 1. The summed E-state index contributed by atoms with van der Waals surface area (Å²) in [6.45, 7) is 2.56. The highest BCUT2D eigenvalue weighted by Gasteiger charge is 2.26. The summed E-state index contributed by atoms with van der Waals surface area (Å²) < 4.78 is 0. The number of nitrogens with one attached hydrogen (secondary N) is 2. The third kappa shape index (κ3) is 6.11. The Labute approximate surface area is 208 Å². The van der Waals surface area contributed by atoms with Gasteiger partial charge in [-0.05, 0) is 49.2 Å². The van der Waals surface area contributed by atoms with E-state index in [0.717, 1.165) is 11.1 Å². The summed E-state index contributed by atoms with van der Waals surface area (Å²) in [4.78, 5) is 46.8. The second kappa shape index (κ2) is 11.3. The maximum absolute atomic E-state index is 12.9. The van der Waals surface area contributed by atoms with Crippen LogP contribution in [-0.4, -0.2) is 50.9 Å². The van der Waals surface area contributed by atoms with E-state index in [1.807, 2.05) is 36.4 Å². The van der Waals surface area contributed by atoms with Crippen molar-refractivity contribution in [3.8, 4) is 23.1 Å². The molecule has 36 heavy (non-hydrogen) atoms. The van der Waals surface area contributed by atoms with Crippen LogP contribution in [0.4, 0.5) is 5.82 Å². The van der Waals surface area contributed by atoms with Crippen molar-refractivity contribution in [2.75, 3.05) is 18.4 Å². The minimum atomic E-state index is -0.720. The van der Waals surface area contributed by atoms with E-state index in [0.29, 0.717) is 37.2 Å². The molecule has 1 saturated heterocycles. The predicted octanol–water partition coefficient (Wildman–Crippen LogP) is 2.86. The van der Waals surface area contributed by atoms with Gasteiger partial charge in [0.1, 0.15) is 5.82 Å². The zero-order chi connectivity index (χ0) is 25.5. The molecule has 2 aromatic heterocycles. The quantitative estimate of drug-likeness (QED) is 0.298. The lowest BCUT2D eigenvalue weighted by atomic mass is 9.96. The second-order valence-corrected chi connectivity index (χ2v) is 8.41. The average molecular weight is 484 g/mol. The van der Waals surface area contributed by atoms with Crippen molar-refractivity contribution in [2.45, 2.75) is 19.8 Å². The Balaban J connectivity index is 1.53. The van der Waals surface area contributed by atoms with Gasteiger partial charge in [0.2, 0.25) is 11.8 Å². The minimum absolute atomic E-state index is 0.00282. The van der Waals surface area contributed by atoms with Crippen molar-refractivity contribution in [1.29, 1.82) is 0 Å². The fourth-order valence-electron chi connectivity index (χ4n) is 3.93. The van der Waals surface area contributed by atoms with E-state index in [1.54, 1.807) is 22.8 Å². The van der Waals surface area contributed by atoms with Gasteiger partial charge < -0.3 is 10.2 Å². The summed E-state index contributed by atoms with van der Waals surface area (Å²) in [5.74, 6) is 5.11. The number of aromatic nitrogens is 2. The number of rotatable bonds is 4. The fourth-order valence-corrected chi connectivity index (χ4v) is 3.93. The van der Waals surface area contributed by atoms with Crippen molar-refractivity contribution < 1.29 is 19.6 Å². The van der Waals surface area contributed by atoms with Gasteiger partial charge in [-0.2, -0.15) is 0 Å². The lowest BCUT2D eigenvalue weighted by Crippen LogP contribution is -2.40. The first-order valence-corrected chi connectivity index (χ1v) is 11.5. The van der Waals surface area contributed by atoms with E-state index in [4.69, 9.17) is 5.21 Å². The number of hydrogen-bond donors (Lipinski definition) is 3. The SMILES string of the molecule is CC(=O)N1CCC(C(=O)Nc2cc(C(=O)NO)cc(-c3ccc(C#Cc4cccnc4)cc3)n2)CC1. The molecule has 3 N–H and O–H groups in total. The monoisotopic (exact) mass is 483 g/mol. The average Bonchev–Trinajstić information content (AvgIpc) is 2.92. The van der Waals surface area contributed by atoms with Crippen molar-refractivity contribution in [3.05, 3.63) is 77.6 Å². The van der Waals surface area contributed by atoms with Gasteiger partial charge in [0.15, 0.2) is 0 Å². The molecule has 3 amide bonds. The van der Waals surface area contributed by atoms with Gasteiger partial charge >= 0.3 is 0 Å². The normalized spacial score (nSPS) is 13.3. The van der Waals surface area contributed by atoms with Gasteiger partial charge in [0.05, 0.1) is 5.69 Å². The third-order valence-electron chi connectivity index (χ3n) is 5.94. The molecule has 3 heterocycles. The molecule has 0 saturated carbocycles. The molecule has 9 nitrogen and oxygen atoms in total. The number of nitrogens with zero attached hydrogens (tertiary/aromatic N) is 3. The smallest absolute Gasteiger partial charge is 0.274 e. The van der Waals surface area contributed by atoms with Crippen LogP contribution < -0.4 is 10.8 Å². The van der Waals surface area contributed by atoms with Crippen LogP contribution in [0.5, 0.6) is 0 Å². The van der Waals surface area contributed by atoms with Gasteiger partial charge in [-0.25, -0.2) is 10.5 Å². The minimum Gasteiger partial charge on any atom is -0.343 e. The van der Waals surface area contributed by atoms with Gasteiger partial charge in [-0.15, -0.1) is 0 Å². The van der Waals surface area contributed by atoms with E-state index in [2.05, 4.69) is 27.1 Å². The van der Waals surface area contributed by atoms with E-state index >= 15 is 0 Å². The summed E-state index contributed by atoms with van der Waals surface area (Å²) in [6, 6.07) is 13.9. The highest BCUT2D eigenvalue weighted by Crippen LogP contribution is 2.24. The molecule has 1 aliphatic rings. The molecule has 0 unspecified atom stereocenters. The van der Waals surface area contributed by atoms with E-state index in [1.165, 1.54) is 19.1 Å². The summed E-state index contributed by atoms with van der Waals surface area (Å²) in [6.07, 6.45) is 4.48. The number of carbonyl (C=O) groups is 3. The fraction of sp³-hybridized carbons (Fsp3) is 0.222. The lowest BCUT2D eigenvalue weighted by Gasteiger charge is -2.30. The number of piperidine rings is 1. The molecule has 1 aromatic carbocycles. The van der Waals surface area contributed by atoms with Crippen LogP contribution >= 0.6 is 0 Å². The molecule has 0 radical (unpaired) electrons.